The quantitative estimate of drug-likeness (QED) is 0.669. The van der Waals surface area contributed by atoms with Crippen LogP contribution in [0.2, 0.25) is 0 Å². The van der Waals surface area contributed by atoms with Crippen molar-refractivity contribution in [1.29, 1.82) is 0 Å². The molecule has 1 aliphatic heterocycles. The highest BCUT2D eigenvalue weighted by molar-refractivity contribution is 7.86. The number of hydrogen-bond acceptors (Lipinski definition) is 4. The third-order valence-electron chi connectivity index (χ3n) is 2.69. The van der Waals surface area contributed by atoms with Gasteiger partial charge in [0.1, 0.15) is 0 Å². The van der Waals surface area contributed by atoms with Crippen LogP contribution in [0.3, 0.4) is 0 Å². The fraction of sp³-hybridized carbons (Fsp3) is 1.00. The van der Waals surface area contributed by atoms with Crippen molar-refractivity contribution >= 4 is 10.1 Å². The lowest BCUT2D eigenvalue weighted by Gasteiger charge is -2.25. The van der Waals surface area contributed by atoms with Crippen molar-refractivity contribution in [2.24, 2.45) is 5.92 Å². The summed E-state index contributed by atoms with van der Waals surface area (Å²) in [6.45, 7) is 6.85. The molecule has 0 aromatic heterocycles. The largest absolute Gasteiger partial charge is 0.302 e. The van der Waals surface area contributed by atoms with Crippen molar-refractivity contribution in [3.63, 3.8) is 0 Å². The van der Waals surface area contributed by atoms with Crippen molar-refractivity contribution in [2.75, 3.05) is 32.0 Å². The predicted octanol–water partition coefficient (Wildman–Crippen LogP) is 1.47. The Morgan fingerprint density at radius 2 is 1.81 bits per heavy atom. The Balaban J connectivity index is 2.24. The van der Waals surface area contributed by atoms with E-state index >= 15 is 0 Å². The van der Waals surface area contributed by atoms with Crippen molar-refractivity contribution in [3.8, 4) is 0 Å². The molecular weight excluding hydrogens is 226 g/mol. The van der Waals surface area contributed by atoms with Crippen molar-refractivity contribution < 1.29 is 12.6 Å². The number of nitrogens with zero attached hydrogens (tertiary/aromatic N) is 1. The Morgan fingerprint density at radius 3 is 2.38 bits per heavy atom. The van der Waals surface area contributed by atoms with Crippen LogP contribution in [0.25, 0.3) is 0 Å². The van der Waals surface area contributed by atoms with E-state index in [4.69, 9.17) is 4.18 Å². The van der Waals surface area contributed by atoms with Crippen molar-refractivity contribution in [3.05, 3.63) is 0 Å². The summed E-state index contributed by atoms with van der Waals surface area (Å²) in [5.41, 5.74) is 0. The maximum absolute atomic E-state index is 11.5. The lowest BCUT2D eigenvalue weighted by Crippen LogP contribution is -2.34. The lowest BCUT2D eigenvalue weighted by molar-refractivity contribution is 0.233. The summed E-state index contributed by atoms with van der Waals surface area (Å²) >= 11 is 0. The Hall–Kier alpha value is -0.130. The minimum atomic E-state index is -3.32. The van der Waals surface area contributed by atoms with Crippen LogP contribution in [0.5, 0.6) is 0 Å². The van der Waals surface area contributed by atoms with Gasteiger partial charge in [0.25, 0.3) is 10.1 Å². The molecule has 1 fully saturated rings. The molecule has 1 saturated heterocycles. The fourth-order valence-electron chi connectivity index (χ4n) is 1.72. The minimum absolute atomic E-state index is 0.125. The summed E-state index contributed by atoms with van der Waals surface area (Å²) in [5.74, 6) is 0.379. The van der Waals surface area contributed by atoms with Crippen molar-refractivity contribution in [1.82, 2.24) is 4.90 Å². The normalized spacial score (nSPS) is 19.2. The van der Waals surface area contributed by atoms with Gasteiger partial charge in [0.2, 0.25) is 0 Å². The number of rotatable bonds is 6. The molecule has 0 bridgehead atoms. The average Bonchev–Trinajstić information content (AvgIpc) is 2.26. The first-order chi connectivity index (χ1) is 7.49. The Bertz CT molecular complexity index is 282. The summed E-state index contributed by atoms with van der Waals surface area (Å²) < 4.78 is 28.0. The molecule has 4 nitrogen and oxygen atoms in total. The molecule has 0 aliphatic carbocycles. The first-order valence-corrected chi connectivity index (χ1v) is 7.67. The second-order valence-electron chi connectivity index (χ2n) is 4.84. The molecule has 1 rings (SSSR count). The maximum Gasteiger partial charge on any atom is 0.268 e. The molecule has 0 spiro atoms. The van der Waals surface area contributed by atoms with Crippen LogP contribution >= 0.6 is 0 Å². The zero-order valence-electron chi connectivity index (χ0n) is 10.3. The molecule has 0 amide bonds. The molecular formula is C11H23NO3S. The first-order valence-electron chi connectivity index (χ1n) is 6.09. The maximum atomic E-state index is 11.5. The third-order valence-corrected chi connectivity index (χ3v) is 3.86. The molecule has 5 heteroatoms. The molecule has 1 heterocycles. The smallest absolute Gasteiger partial charge is 0.268 e. The highest BCUT2D eigenvalue weighted by atomic mass is 32.2. The molecule has 0 N–H and O–H groups in total. The van der Waals surface area contributed by atoms with Gasteiger partial charge in [-0.1, -0.05) is 20.3 Å². The molecule has 0 aromatic carbocycles. The van der Waals surface area contributed by atoms with Crippen LogP contribution in [0, 0.1) is 5.92 Å². The van der Waals surface area contributed by atoms with Gasteiger partial charge in [0, 0.05) is 6.54 Å². The number of piperidine rings is 1. The van der Waals surface area contributed by atoms with Gasteiger partial charge in [-0.25, -0.2) is 0 Å². The van der Waals surface area contributed by atoms with Crippen LogP contribution in [0.4, 0.5) is 0 Å². The van der Waals surface area contributed by atoms with E-state index in [9.17, 15) is 8.42 Å². The van der Waals surface area contributed by atoms with Gasteiger partial charge in [0.15, 0.2) is 0 Å². The van der Waals surface area contributed by atoms with E-state index < -0.39 is 10.1 Å². The van der Waals surface area contributed by atoms with Crippen LogP contribution in [-0.4, -0.2) is 45.3 Å². The lowest BCUT2D eigenvalue weighted by atomic mass is 10.1. The van der Waals surface area contributed by atoms with E-state index in [2.05, 4.69) is 4.90 Å². The summed E-state index contributed by atoms with van der Waals surface area (Å²) in [4.78, 5) is 2.21. The van der Waals surface area contributed by atoms with E-state index in [-0.39, 0.29) is 11.7 Å². The fourth-order valence-corrected chi connectivity index (χ4v) is 2.80. The summed E-state index contributed by atoms with van der Waals surface area (Å²) in [6.07, 6.45) is 3.65. The summed E-state index contributed by atoms with van der Waals surface area (Å²) in [7, 11) is -3.32. The molecule has 0 atom stereocenters. The number of likely N-dealkylation sites (tertiary alicyclic amines) is 1. The van der Waals surface area contributed by atoms with E-state index in [0.717, 1.165) is 13.1 Å². The van der Waals surface area contributed by atoms with Crippen LogP contribution < -0.4 is 0 Å². The zero-order valence-corrected chi connectivity index (χ0v) is 11.1. The predicted molar refractivity (Wildman–Crippen MR) is 64.9 cm³/mol. The van der Waals surface area contributed by atoms with Gasteiger partial charge >= 0.3 is 0 Å². The van der Waals surface area contributed by atoms with E-state index in [1.54, 1.807) is 0 Å². The standard InChI is InChI=1S/C11H23NO3S/c1-11(2)10-15-16(13,14)9-8-12-6-4-3-5-7-12/h11H,3-10H2,1-2H3. The first kappa shape index (κ1) is 13.9. The van der Waals surface area contributed by atoms with Crippen molar-refractivity contribution in [2.45, 2.75) is 33.1 Å². The van der Waals surface area contributed by atoms with Crippen LogP contribution in [0.15, 0.2) is 0 Å². The average molecular weight is 249 g/mol. The molecule has 0 saturated carbocycles. The van der Waals surface area contributed by atoms with Crippen LogP contribution in [-0.2, 0) is 14.3 Å². The van der Waals surface area contributed by atoms with Gasteiger partial charge in [0.05, 0.1) is 12.4 Å². The molecule has 1 aliphatic rings. The molecule has 0 radical (unpaired) electrons. The van der Waals surface area contributed by atoms with E-state index in [0.29, 0.717) is 13.2 Å². The molecule has 96 valence electrons. The minimum Gasteiger partial charge on any atom is -0.302 e. The second-order valence-corrected chi connectivity index (χ2v) is 6.60. The monoisotopic (exact) mass is 249 g/mol. The SMILES string of the molecule is CC(C)COS(=O)(=O)CCN1CCCCC1. The second kappa shape index (κ2) is 6.57. The topological polar surface area (TPSA) is 46.6 Å². The summed E-state index contributed by atoms with van der Waals surface area (Å²) in [6, 6.07) is 0. The molecule has 0 aromatic rings. The highest BCUT2D eigenvalue weighted by Gasteiger charge is 2.16. The zero-order chi connectivity index (χ0) is 12.0. The third kappa shape index (κ3) is 5.82. The number of hydrogen-bond donors (Lipinski definition) is 0. The van der Waals surface area contributed by atoms with E-state index in [1.165, 1.54) is 19.3 Å². The summed E-state index contributed by atoms with van der Waals surface area (Å²) in [5, 5.41) is 0. The van der Waals surface area contributed by atoms with Gasteiger partial charge in [-0.2, -0.15) is 8.42 Å². The Labute approximate surface area is 99.1 Å². The highest BCUT2D eigenvalue weighted by Crippen LogP contribution is 2.09. The molecule has 16 heavy (non-hydrogen) atoms. The van der Waals surface area contributed by atoms with Gasteiger partial charge in [-0.05, 0) is 31.8 Å². The van der Waals surface area contributed by atoms with Crippen LogP contribution in [0.1, 0.15) is 33.1 Å². The molecule has 0 unspecified atom stereocenters. The Kier molecular flexibility index (Phi) is 5.72. The van der Waals surface area contributed by atoms with E-state index in [1.807, 2.05) is 13.8 Å². The van der Waals surface area contributed by atoms with Gasteiger partial charge in [-0.3, -0.25) is 4.18 Å². The van der Waals surface area contributed by atoms with Gasteiger partial charge < -0.3 is 4.90 Å². The Morgan fingerprint density at radius 1 is 1.19 bits per heavy atom. The van der Waals surface area contributed by atoms with Gasteiger partial charge in [-0.15, -0.1) is 0 Å².